The predicted molar refractivity (Wildman–Crippen MR) is 107 cm³/mol. The maximum atomic E-state index is 12.5. The molecule has 28 heavy (non-hydrogen) atoms. The molecule has 0 unspecified atom stereocenters. The SMILES string of the molecule is C=CCn1c(C)cc(C(=O)COC(=O)c2ccc(N3CCCC3=O)cc2)c1C. The third kappa shape index (κ3) is 3.91. The minimum atomic E-state index is -0.562. The van der Waals surface area contributed by atoms with Gasteiger partial charge in [-0.15, -0.1) is 6.58 Å². The molecule has 6 nitrogen and oxygen atoms in total. The molecule has 3 rings (SSSR count). The molecule has 1 aromatic heterocycles. The van der Waals surface area contributed by atoms with Gasteiger partial charge in [-0.2, -0.15) is 0 Å². The lowest BCUT2D eigenvalue weighted by Crippen LogP contribution is -2.23. The zero-order valence-electron chi connectivity index (χ0n) is 16.2. The number of amides is 1. The van der Waals surface area contributed by atoms with E-state index >= 15 is 0 Å². The maximum absolute atomic E-state index is 12.5. The van der Waals surface area contributed by atoms with Gasteiger partial charge in [0.1, 0.15) is 0 Å². The van der Waals surface area contributed by atoms with Crippen LogP contribution >= 0.6 is 0 Å². The van der Waals surface area contributed by atoms with Crippen LogP contribution < -0.4 is 4.90 Å². The van der Waals surface area contributed by atoms with Crippen molar-refractivity contribution in [1.29, 1.82) is 0 Å². The van der Waals surface area contributed by atoms with Crippen molar-refractivity contribution in [2.24, 2.45) is 0 Å². The van der Waals surface area contributed by atoms with E-state index in [0.29, 0.717) is 30.6 Å². The van der Waals surface area contributed by atoms with Gasteiger partial charge in [0.25, 0.3) is 0 Å². The summed E-state index contributed by atoms with van der Waals surface area (Å²) in [5.74, 6) is -0.710. The molecule has 0 saturated carbocycles. The second-order valence-electron chi connectivity index (χ2n) is 6.88. The quantitative estimate of drug-likeness (QED) is 0.419. The van der Waals surface area contributed by atoms with E-state index in [1.54, 1.807) is 41.3 Å². The third-order valence-corrected chi connectivity index (χ3v) is 5.01. The van der Waals surface area contributed by atoms with Crippen LogP contribution in [-0.4, -0.2) is 35.4 Å². The summed E-state index contributed by atoms with van der Waals surface area (Å²) in [6.45, 7) is 8.51. The van der Waals surface area contributed by atoms with Crippen molar-refractivity contribution in [3.63, 3.8) is 0 Å². The fraction of sp³-hybridized carbons (Fsp3) is 0.318. The number of allylic oxidation sites excluding steroid dienone is 1. The van der Waals surface area contributed by atoms with Crippen molar-refractivity contribution in [3.8, 4) is 0 Å². The molecular weight excluding hydrogens is 356 g/mol. The molecule has 0 bridgehead atoms. The van der Waals surface area contributed by atoms with E-state index in [1.807, 2.05) is 18.4 Å². The van der Waals surface area contributed by atoms with Crippen molar-refractivity contribution in [1.82, 2.24) is 4.57 Å². The zero-order valence-corrected chi connectivity index (χ0v) is 16.2. The van der Waals surface area contributed by atoms with E-state index in [-0.39, 0.29) is 18.3 Å². The highest BCUT2D eigenvalue weighted by Crippen LogP contribution is 2.22. The molecule has 0 atom stereocenters. The van der Waals surface area contributed by atoms with Crippen LogP contribution in [0.4, 0.5) is 5.69 Å². The number of carbonyl (C=O) groups excluding carboxylic acids is 3. The van der Waals surface area contributed by atoms with Gasteiger partial charge in [0, 0.05) is 42.1 Å². The Morgan fingerprint density at radius 1 is 1.21 bits per heavy atom. The standard InChI is InChI=1S/C22H24N2O4/c1-4-11-23-15(2)13-19(16(23)3)20(25)14-28-22(27)17-7-9-18(10-8-17)24-12-5-6-21(24)26/h4,7-10,13H,1,5-6,11-12,14H2,2-3H3. The highest BCUT2D eigenvalue weighted by Gasteiger charge is 2.22. The van der Waals surface area contributed by atoms with E-state index in [0.717, 1.165) is 23.5 Å². The molecule has 1 aromatic carbocycles. The predicted octanol–water partition coefficient (Wildman–Crippen LogP) is 3.46. The lowest BCUT2D eigenvalue weighted by Gasteiger charge is -2.15. The summed E-state index contributed by atoms with van der Waals surface area (Å²) in [6, 6.07) is 8.49. The number of rotatable bonds is 7. The number of nitrogens with zero attached hydrogens (tertiary/aromatic N) is 2. The van der Waals surface area contributed by atoms with Crippen LogP contribution in [0.2, 0.25) is 0 Å². The first-order valence-corrected chi connectivity index (χ1v) is 9.30. The molecule has 1 aliphatic heterocycles. The summed E-state index contributed by atoms with van der Waals surface area (Å²) in [7, 11) is 0. The van der Waals surface area contributed by atoms with E-state index in [1.165, 1.54) is 0 Å². The Labute approximate surface area is 164 Å². The second kappa shape index (κ2) is 8.25. The Morgan fingerprint density at radius 3 is 2.54 bits per heavy atom. The monoisotopic (exact) mass is 380 g/mol. The van der Waals surface area contributed by atoms with Gasteiger partial charge in [-0.25, -0.2) is 4.79 Å². The largest absolute Gasteiger partial charge is 0.454 e. The molecule has 1 amide bonds. The van der Waals surface area contributed by atoms with Crippen molar-refractivity contribution in [2.75, 3.05) is 18.1 Å². The van der Waals surface area contributed by atoms with Gasteiger partial charge in [0.15, 0.2) is 6.61 Å². The molecule has 146 valence electrons. The number of ether oxygens (including phenoxy) is 1. The highest BCUT2D eigenvalue weighted by molar-refractivity contribution is 6.00. The Bertz CT molecular complexity index is 925. The summed E-state index contributed by atoms with van der Waals surface area (Å²) in [5.41, 5.74) is 3.46. The van der Waals surface area contributed by atoms with Crippen molar-refractivity contribution in [2.45, 2.75) is 33.2 Å². The van der Waals surface area contributed by atoms with Crippen LogP contribution in [0.3, 0.4) is 0 Å². The number of hydrogen-bond acceptors (Lipinski definition) is 4. The smallest absolute Gasteiger partial charge is 0.338 e. The highest BCUT2D eigenvalue weighted by atomic mass is 16.5. The number of carbonyl (C=O) groups is 3. The van der Waals surface area contributed by atoms with E-state index in [9.17, 15) is 14.4 Å². The van der Waals surface area contributed by atoms with Gasteiger partial charge >= 0.3 is 5.97 Å². The molecule has 0 radical (unpaired) electrons. The summed E-state index contributed by atoms with van der Waals surface area (Å²) in [5, 5.41) is 0. The number of aryl methyl sites for hydroxylation is 1. The lowest BCUT2D eigenvalue weighted by molar-refractivity contribution is -0.117. The number of anilines is 1. The Kier molecular flexibility index (Phi) is 5.78. The Hall–Kier alpha value is -3.15. The molecular formula is C22H24N2O4. The van der Waals surface area contributed by atoms with Crippen molar-refractivity contribution >= 4 is 23.3 Å². The molecule has 1 aliphatic rings. The number of aromatic nitrogens is 1. The Balaban J connectivity index is 1.62. The third-order valence-electron chi connectivity index (χ3n) is 5.01. The normalized spacial score (nSPS) is 13.6. The van der Waals surface area contributed by atoms with Crippen molar-refractivity contribution < 1.29 is 19.1 Å². The minimum Gasteiger partial charge on any atom is -0.454 e. The van der Waals surface area contributed by atoms with Gasteiger partial charge in [-0.1, -0.05) is 6.08 Å². The number of Topliss-reactive ketones (excluding diaryl/α,β-unsaturated/α-hetero) is 1. The zero-order chi connectivity index (χ0) is 20.3. The topological polar surface area (TPSA) is 68.6 Å². The van der Waals surface area contributed by atoms with Crippen LogP contribution in [0, 0.1) is 13.8 Å². The molecule has 1 saturated heterocycles. The molecule has 0 aliphatic carbocycles. The molecule has 2 heterocycles. The van der Waals surface area contributed by atoms with Crippen molar-refractivity contribution in [3.05, 3.63) is 65.5 Å². The maximum Gasteiger partial charge on any atom is 0.338 e. The number of benzene rings is 1. The van der Waals surface area contributed by atoms with Gasteiger partial charge in [0.05, 0.1) is 5.56 Å². The first-order valence-electron chi connectivity index (χ1n) is 9.30. The fourth-order valence-electron chi connectivity index (χ4n) is 3.48. The van der Waals surface area contributed by atoms with Crippen LogP contribution in [0.1, 0.15) is 44.9 Å². The van der Waals surface area contributed by atoms with Crippen LogP contribution in [0.15, 0.2) is 43.0 Å². The average Bonchev–Trinajstić information content (AvgIpc) is 3.24. The van der Waals surface area contributed by atoms with E-state index in [2.05, 4.69) is 6.58 Å². The fourth-order valence-corrected chi connectivity index (χ4v) is 3.48. The minimum absolute atomic E-state index is 0.0926. The molecule has 6 heteroatoms. The van der Waals surface area contributed by atoms with Crippen LogP contribution in [-0.2, 0) is 16.1 Å². The first-order chi connectivity index (χ1) is 13.4. The molecule has 0 N–H and O–H groups in total. The van der Waals surface area contributed by atoms with Gasteiger partial charge in [-0.3, -0.25) is 9.59 Å². The number of ketones is 1. The molecule has 1 fully saturated rings. The number of esters is 1. The second-order valence-corrected chi connectivity index (χ2v) is 6.88. The van der Waals surface area contributed by atoms with Gasteiger partial charge < -0.3 is 14.2 Å². The summed E-state index contributed by atoms with van der Waals surface area (Å²) in [4.78, 5) is 38.2. The lowest BCUT2D eigenvalue weighted by atomic mass is 10.1. The van der Waals surface area contributed by atoms with Gasteiger partial charge in [-0.05, 0) is 50.6 Å². The molecule has 0 spiro atoms. The van der Waals surface area contributed by atoms with Gasteiger partial charge in [0.2, 0.25) is 11.7 Å². The summed E-state index contributed by atoms with van der Waals surface area (Å²) in [6.07, 6.45) is 3.17. The first kappa shape index (κ1) is 19.6. The molecule has 2 aromatic rings. The summed E-state index contributed by atoms with van der Waals surface area (Å²) < 4.78 is 7.18. The van der Waals surface area contributed by atoms with E-state index in [4.69, 9.17) is 4.74 Å². The average molecular weight is 380 g/mol. The summed E-state index contributed by atoms with van der Waals surface area (Å²) >= 11 is 0. The Morgan fingerprint density at radius 2 is 1.93 bits per heavy atom. The van der Waals surface area contributed by atoms with E-state index < -0.39 is 5.97 Å². The van der Waals surface area contributed by atoms with Crippen LogP contribution in [0.5, 0.6) is 0 Å². The van der Waals surface area contributed by atoms with Crippen LogP contribution in [0.25, 0.3) is 0 Å². The number of hydrogen-bond donors (Lipinski definition) is 0.